The molecular weight excluding hydrogens is 422 g/mol. The van der Waals surface area contributed by atoms with Crippen LogP contribution in [0.25, 0.3) is 22.2 Å². The van der Waals surface area contributed by atoms with E-state index in [0.29, 0.717) is 29.5 Å². The maximum absolute atomic E-state index is 12.8. The molecule has 2 heterocycles. The van der Waals surface area contributed by atoms with Gasteiger partial charge < -0.3 is 15.0 Å². The molecule has 0 radical (unpaired) electrons. The Morgan fingerprint density at radius 3 is 2.75 bits per heavy atom. The highest BCUT2D eigenvalue weighted by atomic mass is 35.5. The molecule has 1 fully saturated rings. The summed E-state index contributed by atoms with van der Waals surface area (Å²) in [5.74, 6) is 1.45. The van der Waals surface area contributed by atoms with E-state index < -0.39 is 0 Å². The van der Waals surface area contributed by atoms with Crippen LogP contribution < -0.4 is 10.1 Å². The number of likely N-dealkylation sites (tertiary alicyclic amines) is 1. The van der Waals surface area contributed by atoms with Crippen LogP contribution in [0.3, 0.4) is 0 Å². The largest absolute Gasteiger partial charge is 0.493 e. The molecule has 0 aliphatic carbocycles. The number of pyridine rings is 1. The number of halogens is 1. The molecule has 0 unspecified atom stereocenters. The summed E-state index contributed by atoms with van der Waals surface area (Å²) in [5.41, 5.74) is 3.11. The second kappa shape index (κ2) is 10.3. The SMILES string of the molecule is CCOc1cc(-c2cccc(Cl)c2)nc2ccc(C(=O)NCCN3CCC(C)CC3)cc12. The van der Waals surface area contributed by atoms with E-state index in [1.54, 1.807) is 0 Å². The molecule has 5 nitrogen and oxygen atoms in total. The fraction of sp³-hybridized carbons (Fsp3) is 0.385. The van der Waals surface area contributed by atoms with Gasteiger partial charge in [0.1, 0.15) is 5.75 Å². The number of rotatable bonds is 7. The van der Waals surface area contributed by atoms with Gasteiger partial charge in [-0.25, -0.2) is 4.98 Å². The van der Waals surface area contributed by atoms with Gasteiger partial charge in [-0.1, -0.05) is 30.7 Å². The van der Waals surface area contributed by atoms with Gasteiger partial charge in [0.2, 0.25) is 0 Å². The minimum absolute atomic E-state index is 0.0707. The van der Waals surface area contributed by atoms with Crippen molar-refractivity contribution >= 4 is 28.4 Å². The van der Waals surface area contributed by atoms with Crippen molar-refractivity contribution in [2.45, 2.75) is 26.7 Å². The second-order valence-electron chi connectivity index (χ2n) is 8.46. The number of carbonyl (C=O) groups excluding carboxylic acids is 1. The smallest absolute Gasteiger partial charge is 0.251 e. The Hall–Kier alpha value is -2.63. The van der Waals surface area contributed by atoms with Crippen molar-refractivity contribution in [1.82, 2.24) is 15.2 Å². The first-order chi connectivity index (χ1) is 15.5. The van der Waals surface area contributed by atoms with Crippen LogP contribution in [0.1, 0.15) is 37.0 Å². The number of nitrogens with zero attached hydrogens (tertiary/aromatic N) is 2. The minimum Gasteiger partial charge on any atom is -0.493 e. The molecule has 2 aromatic carbocycles. The van der Waals surface area contributed by atoms with Crippen LogP contribution in [-0.2, 0) is 0 Å². The molecule has 4 rings (SSSR count). The Morgan fingerprint density at radius 1 is 1.19 bits per heavy atom. The maximum atomic E-state index is 12.8. The van der Waals surface area contributed by atoms with Gasteiger partial charge in [-0.3, -0.25) is 4.79 Å². The number of fused-ring (bicyclic) bond motifs is 1. The van der Waals surface area contributed by atoms with Gasteiger partial charge in [0.15, 0.2) is 0 Å². The fourth-order valence-electron chi connectivity index (χ4n) is 4.12. The van der Waals surface area contributed by atoms with Crippen LogP contribution in [0, 0.1) is 5.92 Å². The van der Waals surface area contributed by atoms with Gasteiger partial charge in [0.25, 0.3) is 5.91 Å². The van der Waals surface area contributed by atoms with Gasteiger partial charge >= 0.3 is 0 Å². The van der Waals surface area contributed by atoms with Crippen molar-refractivity contribution in [1.29, 1.82) is 0 Å². The molecule has 1 saturated heterocycles. The van der Waals surface area contributed by atoms with E-state index in [9.17, 15) is 4.79 Å². The van der Waals surface area contributed by atoms with Gasteiger partial charge in [0, 0.05) is 40.7 Å². The maximum Gasteiger partial charge on any atom is 0.251 e. The number of carbonyl (C=O) groups is 1. The van der Waals surface area contributed by atoms with Crippen molar-refractivity contribution in [3.05, 3.63) is 59.1 Å². The third-order valence-electron chi connectivity index (χ3n) is 6.04. The highest BCUT2D eigenvalue weighted by Gasteiger charge is 2.16. The fourth-order valence-corrected chi connectivity index (χ4v) is 4.31. The summed E-state index contributed by atoms with van der Waals surface area (Å²) in [6, 6.07) is 15.1. The van der Waals surface area contributed by atoms with E-state index >= 15 is 0 Å². The predicted molar refractivity (Wildman–Crippen MR) is 131 cm³/mol. The van der Waals surface area contributed by atoms with Crippen LogP contribution >= 0.6 is 11.6 Å². The number of nitrogens with one attached hydrogen (secondary N) is 1. The second-order valence-corrected chi connectivity index (χ2v) is 8.90. The van der Waals surface area contributed by atoms with Crippen LogP contribution in [0.5, 0.6) is 5.75 Å². The molecule has 6 heteroatoms. The molecule has 32 heavy (non-hydrogen) atoms. The summed E-state index contributed by atoms with van der Waals surface area (Å²) >= 11 is 6.16. The Kier molecular flexibility index (Phi) is 7.28. The summed E-state index contributed by atoms with van der Waals surface area (Å²) in [5, 5.41) is 4.55. The van der Waals surface area contributed by atoms with E-state index in [-0.39, 0.29) is 5.91 Å². The Morgan fingerprint density at radius 2 is 2.00 bits per heavy atom. The first-order valence-electron chi connectivity index (χ1n) is 11.4. The normalized spacial score (nSPS) is 15.1. The van der Waals surface area contributed by atoms with Gasteiger partial charge in [-0.2, -0.15) is 0 Å². The number of amides is 1. The van der Waals surface area contributed by atoms with E-state index in [4.69, 9.17) is 21.3 Å². The molecule has 1 amide bonds. The van der Waals surface area contributed by atoms with E-state index in [1.165, 1.54) is 12.8 Å². The van der Waals surface area contributed by atoms with E-state index in [0.717, 1.165) is 47.7 Å². The molecule has 1 aliphatic rings. The van der Waals surface area contributed by atoms with Crippen molar-refractivity contribution in [2.24, 2.45) is 5.92 Å². The third-order valence-corrected chi connectivity index (χ3v) is 6.28. The molecule has 0 atom stereocenters. The predicted octanol–water partition coefficient (Wildman–Crippen LogP) is 5.42. The summed E-state index contributed by atoms with van der Waals surface area (Å²) in [6.07, 6.45) is 2.48. The number of ether oxygens (including phenoxy) is 1. The third kappa shape index (κ3) is 5.40. The lowest BCUT2D eigenvalue weighted by Crippen LogP contribution is -2.39. The summed E-state index contributed by atoms with van der Waals surface area (Å²) in [4.78, 5) is 20.0. The van der Waals surface area contributed by atoms with Crippen molar-refractivity contribution in [2.75, 3.05) is 32.8 Å². The average Bonchev–Trinajstić information content (AvgIpc) is 2.80. The van der Waals surface area contributed by atoms with Crippen LogP contribution in [-0.4, -0.2) is 48.6 Å². The van der Waals surface area contributed by atoms with Crippen LogP contribution in [0.15, 0.2) is 48.5 Å². The highest BCUT2D eigenvalue weighted by Crippen LogP contribution is 2.31. The Balaban J connectivity index is 1.51. The molecule has 1 aliphatic heterocycles. The summed E-state index contributed by atoms with van der Waals surface area (Å²) in [6.45, 7) is 8.55. The van der Waals surface area contributed by atoms with E-state index in [1.807, 2.05) is 55.5 Å². The number of piperidine rings is 1. The monoisotopic (exact) mass is 451 g/mol. The highest BCUT2D eigenvalue weighted by molar-refractivity contribution is 6.30. The molecule has 0 spiro atoms. The standard InChI is InChI=1S/C26H30ClN3O2/c1-3-32-25-17-24(19-5-4-6-21(27)15-19)29-23-8-7-20(16-22(23)25)26(31)28-11-14-30-12-9-18(2)10-13-30/h4-8,15-18H,3,9-14H2,1-2H3,(H,28,31). The molecule has 1 N–H and O–H groups in total. The number of benzene rings is 2. The summed E-state index contributed by atoms with van der Waals surface area (Å²) < 4.78 is 5.90. The van der Waals surface area contributed by atoms with Crippen molar-refractivity contribution < 1.29 is 9.53 Å². The van der Waals surface area contributed by atoms with Crippen molar-refractivity contribution in [3.8, 4) is 17.0 Å². The zero-order chi connectivity index (χ0) is 22.5. The molecule has 168 valence electrons. The zero-order valence-corrected chi connectivity index (χ0v) is 19.5. The first-order valence-corrected chi connectivity index (χ1v) is 11.8. The lowest BCUT2D eigenvalue weighted by atomic mass is 9.99. The lowest BCUT2D eigenvalue weighted by Gasteiger charge is -2.30. The number of hydrogen-bond acceptors (Lipinski definition) is 4. The zero-order valence-electron chi connectivity index (χ0n) is 18.7. The summed E-state index contributed by atoms with van der Waals surface area (Å²) in [7, 11) is 0. The molecule has 0 saturated carbocycles. The number of aromatic nitrogens is 1. The first kappa shape index (κ1) is 22.6. The van der Waals surface area contributed by atoms with Gasteiger partial charge in [0.05, 0.1) is 17.8 Å². The number of hydrogen-bond donors (Lipinski definition) is 1. The molecule has 0 bridgehead atoms. The molecular formula is C26H30ClN3O2. The van der Waals surface area contributed by atoms with Crippen molar-refractivity contribution in [3.63, 3.8) is 0 Å². The molecule has 1 aromatic heterocycles. The van der Waals surface area contributed by atoms with Crippen LogP contribution in [0.4, 0.5) is 0 Å². The average molecular weight is 452 g/mol. The molecule has 3 aromatic rings. The van der Waals surface area contributed by atoms with Gasteiger partial charge in [-0.05, 0) is 69.1 Å². The quantitative estimate of drug-likeness (QED) is 0.521. The lowest BCUT2D eigenvalue weighted by molar-refractivity contribution is 0.0944. The van der Waals surface area contributed by atoms with E-state index in [2.05, 4.69) is 17.1 Å². The topological polar surface area (TPSA) is 54.5 Å². The minimum atomic E-state index is -0.0707. The Labute approximate surface area is 194 Å². The Bertz CT molecular complexity index is 1090. The van der Waals surface area contributed by atoms with Gasteiger partial charge in [-0.15, -0.1) is 0 Å². The van der Waals surface area contributed by atoms with Crippen LogP contribution in [0.2, 0.25) is 5.02 Å².